The lowest BCUT2D eigenvalue weighted by atomic mass is 9.92. The van der Waals surface area contributed by atoms with Gasteiger partial charge in [0.25, 0.3) is 0 Å². The van der Waals surface area contributed by atoms with Gasteiger partial charge in [0.15, 0.2) is 0 Å². The van der Waals surface area contributed by atoms with Gasteiger partial charge in [-0.25, -0.2) is 0 Å². The van der Waals surface area contributed by atoms with Crippen LogP contribution in [0, 0.1) is 0 Å². The molecule has 1 aromatic carbocycles. The molecule has 86 valence electrons. The summed E-state index contributed by atoms with van der Waals surface area (Å²) in [6.07, 6.45) is 0.822. The lowest BCUT2D eigenvalue weighted by Crippen LogP contribution is -2.70. The molecule has 0 bridgehead atoms. The Bertz CT molecular complexity index is 417. The standard InChI is InChI=1S/C12H15ClN2O/c1-12(14)8-15(11(12)16)6-5-9-3-2-4-10(13)7-9/h2-4,7H,5-6,8,14H2,1H3. The molecule has 0 aromatic heterocycles. The molecule has 0 radical (unpaired) electrons. The van der Waals surface area contributed by atoms with Crippen LogP contribution in [0.1, 0.15) is 12.5 Å². The van der Waals surface area contributed by atoms with E-state index in [2.05, 4.69) is 0 Å². The van der Waals surface area contributed by atoms with Gasteiger partial charge in [0.1, 0.15) is 5.54 Å². The minimum atomic E-state index is -0.645. The van der Waals surface area contributed by atoms with Gasteiger partial charge in [-0.3, -0.25) is 4.79 Å². The first-order chi connectivity index (χ1) is 7.49. The Morgan fingerprint density at radius 2 is 2.31 bits per heavy atom. The van der Waals surface area contributed by atoms with E-state index >= 15 is 0 Å². The summed E-state index contributed by atoms with van der Waals surface area (Å²) in [6, 6.07) is 7.70. The molecule has 0 aliphatic carbocycles. The largest absolute Gasteiger partial charge is 0.338 e. The van der Waals surface area contributed by atoms with Crippen LogP contribution < -0.4 is 5.73 Å². The zero-order valence-corrected chi connectivity index (χ0v) is 10.00. The predicted molar refractivity (Wildman–Crippen MR) is 64.3 cm³/mol. The van der Waals surface area contributed by atoms with Gasteiger partial charge in [0.2, 0.25) is 5.91 Å². The number of halogens is 1. The van der Waals surface area contributed by atoms with E-state index in [-0.39, 0.29) is 5.91 Å². The van der Waals surface area contributed by atoms with Crippen LogP contribution in [0.5, 0.6) is 0 Å². The van der Waals surface area contributed by atoms with Gasteiger partial charge in [-0.15, -0.1) is 0 Å². The van der Waals surface area contributed by atoms with Crippen LogP contribution in [0.3, 0.4) is 0 Å². The van der Waals surface area contributed by atoms with Gasteiger partial charge in [-0.1, -0.05) is 23.7 Å². The molecule has 2 N–H and O–H groups in total. The number of β-lactam (4-membered cyclic amide) rings is 1. The Hall–Kier alpha value is -1.06. The topological polar surface area (TPSA) is 46.3 Å². The number of hydrogen-bond donors (Lipinski definition) is 1. The van der Waals surface area contributed by atoms with Gasteiger partial charge >= 0.3 is 0 Å². The third-order valence-electron chi connectivity index (χ3n) is 2.85. The van der Waals surface area contributed by atoms with Crippen molar-refractivity contribution >= 4 is 17.5 Å². The highest BCUT2D eigenvalue weighted by Gasteiger charge is 2.44. The molecular formula is C12H15ClN2O. The van der Waals surface area contributed by atoms with E-state index in [1.165, 1.54) is 0 Å². The zero-order chi connectivity index (χ0) is 11.8. The summed E-state index contributed by atoms with van der Waals surface area (Å²) in [4.78, 5) is 13.3. The van der Waals surface area contributed by atoms with E-state index in [1.54, 1.807) is 11.8 Å². The Kier molecular flexibility index (Phi) is 2.91. The number of carbonyl (C=O) groups is 1. The molecule has 1 unspecified atom stereocenters. The summed E-state index contributed by atoms with van der Waals surface area (Å²) in [6.45, 7) is 3.13. The highest BCUT2D eigenvalue weighted by atomic mass is 35.5. The van der Waals surface area contributed by atoms with E-state index < -0.39 is 5.54 Å². The van der Waals surface area contributed by atoms with Gasteiger partial charge < -0.3 is 10.6 Å². The average molecular weight is 239 g/mol. The fraction of sp³-hybridized carbons (Fsp3) is 0.417. The zero-order valence-electron chi connectivity index (χ0n) is 9.24. The van der Waals surface area contributed by atoms with Gasteiger partial charge in [-0.05, 0) is 31.0 Å². The van der Waals surface area contributed by atoms with Crippen LogP contribution >= 0.6 is 11.6 Å². The first-order valence-corrected chi connectivity index (χ1v) is 5.69. The van der Waals surface area contributed by atoms with E-state index in [1.807, 2.05) is 24.3 Å². The number of benzene rings is 1. The third kappa shape index (κ3) is 2.20. The minimum Gasteiger partial charge on any atom is -0.338 e. The number of hydrogen-bond acceptors (Lipinski definition) is 2. The highest BCUT2D eigenvalue weighted by Crippen LogP contribution is 2.20. The monoisotopic (exact) mass is 238 g/mol. The van der Waals surface area contributed by atoms with Crippen molar-refractivity contribution in [1.29, 1.82) is 0 Å². The van der Waals surface area contributed by atoms with Crippen LogP contribution in [0.25, 0.3) is 0 Å². The second-order valence-electron chi connectivity index (χ2n) is 4.52. The van der Waals surface area contributed by atoms with Gasteiger partial charge in [0, 0.05) is 18.1 Å². The van der Waals surface area contributed by atoms with Crippen molar-refractivity contribution in [3.63, 3.8) is 0 Å². The van der Waals surface area contributed by atoms with Crippen molar-refractivity contribution in [3.05, 3.63) is 34.9 Å². The quantitative estimate of drug-likeness (QED) is 0.811. The summed E-state index contributed by atoms with van der Waals surface area (Å²) < 4.78 is 0. The molecule has 1 fully saturated rings. The maximum atomic E-state index is 11.5. The van der Waals surface area contributed by atoms with Crippen LogP contribution in [-0.4, -0.2) is 29.4 Å². The second kappa shape index (κ2) is 4.07. The van der Waals surface area contributed by atoms with Crippen molar-refractivity contribution in [2.45, 2.75) is 18.9 Å². The number of amides is 1. The number of nitrogens with two attached hydrogens (primary N) is 1. The van der Waals surface area contributed by atoms with Gasteiger partial charge in [-0.2, -0.15) is 0 Å². The summed E-state index contributed by atoms with van der Waals surface area (Å²) in [7, 11) is 0. The molecule has 1 aliphatic heterocycles. The summed E-state index contributed by atoms with van der Waals surface area (Å²) >= 11 is 5.88. The van der Waals surface area contributed by atoms with Crippen molar-refractivity contribution in [1.82, 2.24) is 4.90 Å². The van der Waals surface area contributed by atoms with Crippen LogP contribution in [0.4, 0.5) is 0 Å². The van der Waals surface area contributed by atoms with E-state index in [0.717, 1.165) is 17.0 Å². The van der Waals surface area contributed by atoms with Crippen LogP contribution in [-0.2, 0) is 11.2 Å². The molecule has 1 aromatic rings. The molecular weight excluding hydrogens is 224 g/mol. The van der Waals surface area contributed by atoms with Gasteiger partial charge in [0.05, 0.1) is 0 Å². The fourth-order valence-corrected chi connectivity index (χ4v) is 2.16. The van der Waals surface area contributed by atoms with Crippen molar-refractivity contribution < 1.29 is 4.79 Å². The Labute approximate surface area is 100 Å². The van der Waals surface area contributed by atoms with Crippen molar-refractivity contribution in [3.8, 4) is 0 Å². The number of carbonyl (C=O) groups excluding carboxylic acids is 1. The maximum absolute atomic E-state index is 11.5. The van der Waals surface area contributed by atoms with E-state index in [0.29, 0.717) is 13.1 Å². The second-order valence-corrected chi connectivity index (χ2v) is 4.96. The lowest BCUT2D eigenvalue weighted by molar-refractivity contribution is -0.149. The summed E-state index contributed by atoms with van der Waals surface area (Å²) in [5.74, 6) is 0.0366. The molecule has 2 rings (SSSR count). The summed E-state index contributed by atoms with van der Waals surface area (Å²) in [5.41, 5.74) is 6.24. The van der Waals surface area contributed by atoms with Crippen molar-refractivity contribution in [2.75, 3.05) is 13.1 Å². The molecule has 1 amide bonds. The smallest absolute Gasteiger partial charge is 0.244 e. The number of nitrogens with zero attached hydrogens (tertiary/aromatic N) is 1. The molecule has 1 aliphatic rings. The first kappa shape index (κ1) is 11.4. The lowest BCUT2D eigenvalue weighted by Gasteiger charge is -2.44. The minimum absolute atomic E-state index is 0.0366. The SMILES string of the molecule is CC1(N)CN(CCc2cccc(Cl)c2)C1=O. The average Bonchev–Trinajstić information content (AvgIpc) is 2.24. The summed E-state index contributed by atoms with van der Waals surface area (Å²) in [5, 5.41) is 0.732. The third-order valence-corrected chi connectivity index (χ3v) is 3.09. The maximum Gasteiger partial charge on any atom is 0.244 e. The first-order valence-electron chi connectivity index (χ1n) is 5.32. The molecule has 16 heavy (non-hydrogen) atoms. The molecule has 0 saturated carbocycles. The number of rotatable bonds is 3. The Morgan fingerprint density at radius 1 is 1.56 bits per heavy atom. The van der Waals surface area contributed by atoms with E-state index in [9.17, 15) is 4.79 Å². The molecule has 1 heterocycles. The molecule has 4 heteroatoms. The predicted octanol–water partition coefficient (Wildman–Crippen LogP) is 1.44. The molecule has 1 atom stereocenters. The molecule has 3 nitrogen and oxygen atoms in total. The highest BCUT2D eigenvalue weighted by molar-refractivity contribution is 6.30. The van der Waals surface area contributed by atoms with Crippen LogP contribution in [0.2, 0.25) is 5.02 Å². The molecule has 0 spiro atoms. The van der Waals surface area contributed by atoms with Crippen LogP contribution in [0.15, 0.2) is 24.3 Å². The van der Waals surface area contributed by atoms with E-state index in [4.69, 9.17) is 17.3 Å². The Morgan fingerprint density at radius 3 is 2.88 bits per heavy atom. The molecule has 1 saturated heterocycles. The number of likely N-dealkylation sites (tertiary alicyclic amines) is 1. The normalized spacial score (nSPS) is 24.4. The fourth-order valence-electron chi connectivity index (χ4n) is 1.94. The van der Waals surface area contributed by atoms with Crippen molar-refractivity contribution in [2.24, 2.45) is 5.73 Å². The Balaban J connectivity index is 1.88.